The molecular weight excluding hydrogens is 388 g/mol. The predicted octanol–water partition coefficient (Wildman–Crippen LogP) is 3.64. The van der Waals surface area contributed by atoms with Crippen molar-refractivity contribution in [2.45, 2.75) is 19.8 Å². The summed E-state index contributed by atoms with van der Waals surface area (Å²) in [6, 6.07) is 14.4. The number of amides is 2. The molecule has 150 valence electrons. The van der Waals surface area contributed by atoms with Crippen molar-refractivity contribution >= 4 is 34.7 Å². The third-order valence-electron chi connectivity index (χ3n) is 5.64. The largest absolute Gasteiger partial charge is 0.396 e. The number of anilines is 1. The molecule has 2 aliphatic rings. The van der Waals surface area contributed by atoms with Gasteiger partial charge in [0.1, 0.15) is 5.70 Å². The van der Waals surface area contributed by atoms with Crippen LogP contribution in [0.4, 0.5) is 5.69 Å². The summed E-state index contributed by atoms with van der Waals surface area (Å²) >= 11 is 6.04. The maximum absolute atomic E-state index is 13.5. The second-order valence-electron chi connectivity index (χ2n) is 7.60. The molecule has 0 bridgehead atoms. The van der Waals surface area contributed by atoms with Crippen molar-refractivity contribution in [1.82, 2.24) is 4.90 Å². The number of imide groups is 1. The lowest BCUT2D eigenvalue weighted by Gasteiger charge is -2.34. The molecule has 2 heterocycles. The third kappa shape index (κ3) is 3.56. The van der Waals surface area contributed by atoms with Crippen molar-refractivity contribution in [2.75, 3.05) is 24.6 Å². The van der Waals surface area contributed by atoms with Crippen LogP contribution in [0, 0.1) is 12.8 Å². The first-order chi connectivity index (χ1) is 14.0. The molecule has 6 heteroatoms. The minimum Gasteiger partial charge on any atom is -0.396 e. The number of aryl methyl sites for hydroxylation is 1. The highest BCUT2D eigenvalue weighted by Gasteiger charge is 2.43. The van der Waals surface area contributed by atoms with Crippen LogP contribution in [0.2, 0.25) is 5.02 Å². The van der Waals surface area contributed by atoms with Crippen molar-refractivity contribution in [1.29, 1.82) is 0 Å². The van der Waals surface area contributed by atoms with Crippen LogP contribution in [0.15, 0.2) is 54.2 Å². The number of hydrogen-bond acceptors (Lipinski definition) is 4. The number of para-hydroxylation sites is 1. The minimum absolute atomic E-state index is 0.0731. The smallest absolute Gasteiger partial charge is 0.282 e. The Labute approximate surface area is 175 Å². The summed E-state index contributed by atoms with van der Waals surface area (Å²) < 4.78 is 0. The number of carbonyl (C=O) groups is 2. The lowest BCUT2D eigenvalue weighted by Crippen LogP contribution is -2.40. The molecular formula is C23H23ClN2O3. The van der Waals surface area contributed by atoms with E-state index in [1.165, 1.54) is 4.90 Å². The monoisotopic (exact) mass is 410 g/mol. The van der Waals surface area contributed by atoms with Gasteiger partial charge in [-0.3, -0.25) is 9.59 Å². The Bertz CT molecular complexity index is 984. The number of aliphatic hydroxyl groups excluding tert-OH is 1. The summed E-state index contributed by atoms with van der Waals surface area (Å²) in [7, 11) is 0. The van der Waals surface area contributed by atoms with E-state index in [0.717, 1.165) is 18.4 Å². The Balaban J connectivity index is 1.83. The lowest BCUT2D eigenvalue weighted by molar-refractivity contribution is -0.120. The Morgan fingerprint density at radius 3 is 2.48 bits per heavy atom. The Morgan fingerprint density at radius 1 is 1.07 bits per heavy atom. The van der Waals surface area contributed by atoms with Gasteiger partial charge in [0.25, 0.3) is 11.8 Å². The molecule has 1 unspecified atom stereocenters. The number of rotatable bonds is 4. The van der Waals surface area contributed by atoms with E-state index in [1.54, 1.807) is 30.3 Å². The molecule has 0 radical (unpaired) electrons. The molecule has 0 aliphatic carbocycles. The van der Waals surface area contributed by atoms with Gasteiger partial charge < -0.3 is 10.0 Å². The zero-order valence-electron chi connectivity index (χ0n) is 16.3. The molecule has 0 spiro atoms. The minimum atomic E-state index is -0.326. The molecule has 1 N–H and O–H groups in total. The second kappa shape index (κ2) is 8.01. The average Bonchev–Trinajstić information content (AvgIpc) is 2.99. The van der Waals surface area contributed by atoms with Crippen LogP contribution in [0.5, 0.6) is 0 Å². The fraction of sp³-hybridized carbons (Fsp3) is 0.304. The van der Waals surface area contributed by atoms with Gasteiger partial charge in [-0.05, 0) is 55.0 Å². The first-order valence-corrected chi connectivity index (χ1v) is 10.2. The fourth-order valence-corrected chi connectivity index (χ4v) is 4.26. The van der Waals surface area contributed by atoms with Crippen LogP contribution in [-0.4, -0.2) is 41.5 Å². The van der Waals surface area contributed by atoms with Gasteiger partial charge in [-0.25, -0.2) is 4.90 Å². The van der Waals surface area contributed by atoms with Gasteiger partial charge in [-0.1, -0.05) is 41.9 Å². The summed E-state index contributed by atoms with van der Waals surface area (Å²) in [5.74, 6) is -0.543. The van der Waals surface area contributed by atoms with Crippen LogP contribution in [0.3, 0.4) is 0 Å². The van der Waals surface area contributed by atoms with Gasteiger partial charge in [0.05, 0.1) is 11.3 Å². The zero-order valence-corrected chi connectivity index (χ0v) is 17.0. The van der Waals surface area contributed by atoms with E-state index in [0.29, 0.717) is 40.6 Å². The van der Waals surface area contributed by atoms with E-state index < -0.39 is 0 Å². The number of likely N-dealkylation sites (tertiary alicyclic amines) is 1. The molecule has 2 amide bonds. The first-order valence-electron chi connectivity index (χ1n) is 9.81. The van der Waals surface area contributed by atoms with Crippen molar-refractivity contribution in [3.05, 3.63) is 70.4 Å². The first kappa shape index (κ1) is 19.7. The van der Waals surface area contributed by atoms with Gasteiger partial charge >= 0.3 is 0 Å². The molecule has 1 fully saturated rings. The van der Waals surface area contributed by atoms with Gasteiger partial charge in [0, 0.05) is 24.7 Å². The van der Waals surface area contributed by atoms with E-state index >= 15 is 0 Å². The molecule has 1 atom stereocenters. The molecule has 0 aromatic heterocycles. The van der Waals surface area contributed by atoms with E-state index in [9.17, 15) is 14.7 Å². The molecule has 2 aromatic rings. The lowest BCUT2D eigenvalue weighted by atomic mass is 9.97. The highest BCUT2D eigenvalue weighted by atomic mass is 35.5. The quantitative estimate of drug-likeness (QED) is 0.782. The molecule has 4 rings (SSSR count). The topological polar surface area (TPSA) is 60.9 Å². The zero-order chi connectivity index (χ0) is 20.5. The standard InChI is InChI=1S/C23H23ClN2O3/c1-15-5-2-3-7-19(15)26-22(28)20(17-8-10-18(24)11-9-17)21(23(26)29)25-12-4-6-16(13-25)14-27/h2-3,5,7-11,16,27H,4,6,12-14H2,1H3. The van der Waals surface area contributed by atoms with Crippen molar-refractivity contribution in [3.8, 4) is 0 Å². The highest BCUT2D eigenvalue weighted by molar-refractivity contribution is 6.45. The summed E-state index contributed by atoms with van der Waals surface area (Å²) in [5, 5.41) is 10.2. The van der Waals surface area contributed by atoms with Gasteiger partial charge in [0.2, 0.25) is 0 Å². The van der Waals surface area contributed by atoms with Gasteiger partial charge in [-0.2, -0.15) is 0 Å². The summed E-state index contributed by atoms with van der Waals surface area (Å²) in [6.07, 6.45) is 1.79. The number of benzene rings is 2. The van der Waals surface area contributed by atoms with Crippen molar-refractivity contribution < 1.29 is 14.7 Å². The van der Waals surface area contributed by atoms with E-state index in [2.05, 4.69) is 0 Å². The third-order valence-corrected chi connectivity index (χ3v) is 5.89. The van der Waals surface area contributed by atoms with Crippen molar-refractivity contribution in [2.24, 2.45) is 5.92 Å². The average molecular weight is 411 g/mol. The molecule has 29 heavy (non-hydrogen) atoms. The summed E-state index contributed by atoms with van der Waals surface area (Å²) in [6.45, 7) is 3.20. The number of carbonyl (C=O) groups excluding carboxylic acids is 2. The fourth-order valence-electron chi connectivity index (χ4n) is 4.14. The van der Waals surface area contributed by atoms with Crippen LogP contribution >= 0.6 is 11.6 Å². The molecule has 2 aromatic carbocycles. The Kier molecular flexibility index (Phi) is 5.43. The highest BCUT2D eigenvalue weighted by Crippen LogP contribution is 2.37. The summed E-state index contributed by atoms with van der Waals surface area (Å²) in [4.78, 5) is 30.3. The van der Waals surface area contributed by atoms with Gasteiger partial charge in [0.15, 0.2) is 0 Å². The SMILES string of the molecule is Cc1ccccc1N1C(=O)C(c2ccc(Cl)cc2)=C(N2CCCC(CO)C2)C1=O. The normalized spacial score (nSPS) is 20.0. The number of hydrogen-bond donors (Lipinski definition) is 1. The second-order valence-corrected chi connectivity index (χ2v) is 8.04. The van der Waals surface area contributed by atoms with E-state index in [1.807, 2.05) is 30.0 Å². The van der Waals surface area contributed by atoms with Gasteiger partial charge in [-0.15, -0.1) is 0 Å². The molecule has 1 saturated heterocycles. The van der Waals surface area contributed by atoms with E-state index in [4.69, 9.17) is 11.6 Å². The molecule has 2 aliphatic heterocycles. The van der Waals surface area contributed by atoms with Crippen LogP contribution in [0.1, 0.15) is 24.0 Å². The number of halogens is 1. The Morgan fingerprint density at radius 2 is 1.79 bits per heavy atom. The number of nitrogens with zero attached hydrogens (tertiary/aromatic N) is 2. The van der Waals surface area contributed by atoms with Crippen LogP contribution in [-0.2, 0) is 9.59 Å². The molecule has 5 nitrogen and oxygen atoms in total. The van der Waals surface area contributed by atoms with E-state index in [-0.39, 0.29) is 24.3 Å². The van der Waals surface area contributed by atoms with Crippen LogP contribution < -0.4 is 4.90 Å². The number of aliphatic hydroxyl groups is 1. The maximum atomic E-state index is 13.5. The number of piperidine rings is 1. The molecule has 0 saturated carbocycles. The maximum Gasteiger partial charge on any atom is 0.282 e. The predicted molar refractivity (Wildman–Crippen MR) is 113 cm³/mol. The summed E-state index contributed by atoms with van der Waals surface area (Å²) in [5.41, 5.74) is 2.94. The van der Waals surface area contributed by atoms with Crippen molar-refractivity contribution in [3.63, 3.8) is 0 Å². The van der Waals surface area contributed by atoms with Crippen LogP contribution in [0.25, 0.3) is 5.57 Å². The Hall–Kier alpha value is -2.63.